The smallest absolute Gasteiger partial charge is 0.269 e. The molecule has 0 bridgehead atoms. The minimum atomic E-state index is -0.197. The topological polar surface area (TPSA) is 122 Å². The van der Waals surface area contributed by atoms with Gasteiger partial charge in [0, 0.05) is 18.7 Å². The summed E-state index contributed by atoms with van der Waals surface area (Å²) in [5.41, 5.74) is 6.83. The van der Waals surface area contributed by atoms with Crippen molar-refractivity contribution in [2.45, 2.75) is 38.1 Å². The molecule has 28 heavy (non-hydrogen) atoms. The lowest BCUT2D eigenvalue weighted by atomic mass is 9.85. The average Bonchev–Trinajstić information content (AvgIpc) is 3.13. The van der Waals surface area contributed by atoms with E-state index < -0.39 is 0 Å². The van der Waals surface area contributed by atoms with Crippen molar-refractivity contribution in [3.05, 3.63) is 41.6 Å². The molecule has 1 aliphatic rings. The van der Waals surface area contributed by atoms with E-state index in [9.17, 15) is 9.59 Å². The molecule has 0 spiro atoms. The highest BCUT2D eigenvalue weighted by Crippen LogP contribution is 2.24. The van der Waals surface area contributed by atoms with Gasteiger partial charge in [-0.25, -0.2) is 0 Å². The van der Waals surface area contributed by atoms with Gasteiger partial charge < -0.3 is 21.1 Å². The number of nitrogen functional groups attached to an aromatic ring is 1. The van der Waals surface area contributed by atoms with E-state index in [2.05, 4.69) is 20.8 Å². The van der Waals surface area contributed by atoms with Crippen molar-refractivity contribution >= 4 is 17.6 Å². The van der Waals surface area contributed by atoms with Crippen molar-refractivity contribution in [1.29, 1.82) is 0 Å². The van der Waals surface area contributed by atoms with Crippen LogP contribution in [0, 0.1) is 5.92 Å². The molecule has 150 valence electrons. The summed E-state index contributed by atoms with van der Waals surface area (Å²) in [5.74, 6) is 1.19. The Labute approximate surface area is 164 Å². The SMILES string of the molecule is COc1cccc(CC(=O)NC[C@@H]2CCC[C@H](NC(=O)c3cc(N)n[nH]3)C2)c1. The van der Waals surface area contributed by atoms with Crippen LogP contribution in [-0.4, -0.2) is 41.7 Å². The zero-order valence-corrected chi connectivity index (χ0v) is 16.0. The number of H-pyrrole nitrogens is 1. The number of anilines is 1. The molecule has 8 nitrogen and oxygen atoms in total. The number of benzene rings is 1. The van der Waals surface area contributed by atoms with Gasteiger partial charge in [-0.1, -0.05) is 18.6 Å². The third-order valence-electron chi connectivity index (χ3n) is 5.05. The number of hydrogen-bond donors (Lipinski definition) is 4. The minimum absolute atomic E-state index is 0.00709. The maximum Gasteiger partial charge on any atom is 0.269 e. The summed E-state index contributed by atoms with van der Waals surface area (Å²) in [7, 11) is 1.61. The minimum Gasteiger partial charge on any atom is -0.497 e. The fourth-order valence-electron chi connectivity index (χ4n) is 3.61. The number of carbonyl (C=O) groups is 2. The summed E-state index contributed by atoms with van der Waals surface area (Å²) in [6, 6.07) is 9.13. The summed E-state index contributed by atoms with van der Waals surface area (Å²) in [6.45, 7) is 0.617. The van der Waals surface area contributed by atoms with Crippen LogP contribution in [0.15, 0.2) is 30.3 Å². The van der Waals surface area contributed by atoms with Crippen LogP contribution in [0.3, 0.4) is 0 Å². The van der Waals surface area contributed by atoms with E-state index in [1.807, 2.05) is 24.3 Å². The van der Waals surface area contributed by atoms with Gasteiger partial charge in [0.2, 0.25) is 5.91 Å². The second kappa shape index (κ2) is 9.25. The van der Waals surface area contributed by atoms with E-state index in [-0.39, 0.29) is 17.9 Å². The summed E-state index contributed by atoms with van der Waals surface area (Å²) in [4.78, 5) is 24.5. The van der Waals surface area contributed by atoms with Crippen LogP contribution in [0.1, 0.15) is 41.7 Å². The molecule has 0 radical (unpaired) electrons. The largest absolute Gasteiger partial charge is 0.497 e. The number of amides is 2. The van der Waals surface area contributed by atoms with E-state index in [1.165, 1.54) is 6.07 Å². The van der Waals surface area contributed by atoms with Gasteiger partial charge in [-0.2, -0.15) is 5.10 Å². The van der Waals surface area contributed by atoms with Crippen LogP contribution in [0.25, 0.3) is 0 Å². The molecule has 1 saturated carbocycles. The number of aromatic nitrogens is 2. The zero-order chi connectivity index (χ0) is 19.9. The molecule has 1 aliphatic carbocycles. The molecule has 1 heterocycles. The van der Waals surface area contributed by atoms with Crippen molar-refractivity contribution in [2.24, 2.45) is 5.92 Å². The number of nitrogens with zero attached hydrogens (tertiary/aromatic N) is 1. The molecule has 0 unspecified atom stereocenters. The van der Waals surface area contributed by atoms with Crippen LogP contribution in [-0.2, 0) is 11.2 Å². The van der Waals surface area contributed by atoms with Gasteiger partial charge in [0.1, 0.15) is 17.3 Å². The first kappa shape index (κ1) is 19.7. The third-order valence-corrected chi connectivity index (χ3v) is 5.05. The molecule has 1 fully saturated rings. The zero-order valence-electron chi connectivity index (χ0n) is 16.0. The van der Waals surface area contributed by atoms with Gasteiger partial charge in [-0.15, -0.1) is 0 Å². The summed E-state index contributed by atoms with van der Waals surface area (Å²) in [5, 5.41) is 12.4. The molecule has 3 rings (SSSR count). The van der Waals surface area contributed by atoms with Gasteiger partial charge in [0.15, 0.2) is 0 Å². The number of nitrogens with two attached hydrogens (primary N) is 1. The van der Waals surface area contributed by atoms with E-state index in [0.29, 0.717) is 30.4 Å². The first-order valence-corrected chi connectivity index (χ1v) is 9.55. The highest BCUT2D eigenvalue weighted by Gasteiger charge is 2.24. The molecule has 2 atom stereocenters. The van der Waals surface area contributed by atoms with Gasteiger partial charge in [0.25, 0.3) is 5.91 Å². The Morgan fingerprint density at radius 3 is 2.93 bits per heavy atom. The van der Waals surface area contributed by atoms with Crippen molar-refractivity contribution in [2.75, 3.05) is 19.4 Å². The van der Waals surface area contributed by atoms with Crippen LogP contribution < -0.4 is 21.1 Å². The van der Waals surface area contributed by atoms with Crippen LogP contribution in [0.4, 0.5) is 5.82 Å². The molecule has 0 aliphatic heterocycles. The summed E-state index contributed by atoms with van der Waals surface area (Å²) < 4.78 is 5.19. The quantitative estimate of drug-likeness (QED) is 0.577. The number of nitrogens with one attached hydrogen (secondary N) is 3. The van der Waals surface area contributed by atoms with Gasteiger partial charge in [-0.05, 0) is 42.9 Å². The van der Waals surface area contributed by atoms with Crippen LogP contribution in [0.2, 0.25) is 0 Å². The molecular weight excluding hydrogens is 358 g/mol. The highest BCUT2D eigenvalue weighted by atomic mass is 16.5. The van der Waals surface area contributed by atoms with Crippen molar-refractivity contribution in [3.63, 3.8) is 0 Å². The Morgan fingerprint density at radius 1 is 1.32 bits per heavy atom. The molecule has 1 aromatic carbocycles. The number of ether oxygens (including phenoxy) is 1. The van der Waals surface area contributed by atoms with Gasteiger partial charge >= 0.3 is 0 Å². The summed E-state index contributed by atoms with van der Waals surface area (Å²) in [6.07, 6.45) is 4.17. The number of rotatable bonds is 7. The molecule has 8 heteroatoms. The Bertz CT molecular complexity index is 820. The lowest BCUT2D eigenvalue weighted by Gasteiger charge is -2.29. The number of methoxy groups -OCH3 is 1. The average molecular weight is 385 g/mol. The standard InChI is InChI=1S/C20H27N5O3/c1-28-16-7-3-4-13(9-16)10-19(26)22-12-14-5-2-6-15(8-14)23-20(27)17-11-18(21)25-24-17/h3-4,7,9,11,14-15H,2,5-6,8,10,12H2,1H3,(H,22,26)(H,23,27)(H3,21,24,25)/t14-,15+/m1/s1. The number of carbonyl (C=O) groups excluding carboxylic acids is 2. The monoisotopic (exact) mass is 385 g/mol. The normalized spacial score (nSPS) is 19.0. The first-order valence-electron chi connectivity index (χ1n) is 9.55. The fourth-order valence-corrected chi connectivity index (χ4v) is 3.61. The molecule has 5 N–H and O–H groups in total. The van der Waals surface area contributed by atoms with Crippen LogP contribution >= 0.6 is 0 Å². The van der Waals surface area contributed by atoms with E-state index in [4.69, 9.17) is 10.5 Å². The molecule has 1 aromatic heterocycles. The van der Waals surface area contributed by atoms with Crippen molar-refractivity contribution < 1.29 is 14.3 Å². The highest BCUT2D eigenvalue weighted by molar-refractivity contribution is 5.93. The maximum atomic E-state index is 12.3. The second-order valence-electron chi connectivity index (χ2n) is 7.24. The number of aromatic amines is 1. The Morgan fingerprint density at radius 2 is 2.18 bits per heavy atom. The molecule has 0 saturated heterocycles. The number of hydrogen-bond acceptors (Lipinski definition) is 5. The molecular formula is C20H27N5O3. The van der Waals surface area contributed by atoms with Gasteiger partial charge in [0.05, 0.1) is 13.5 Å². The van der Waals surface area contributed by atoms with Crippen molar-refractivity contribution in [1.82, 2.24) is 20.8 Å². The molecule has 2 amide bonds. The van der Waals surface area contributed by atoms with E-state index in [0.717, 1.165) is 37.0 Å². The third kappa shape index (κ3) is 5.48. The summed E-state index contributed by atoms with van der Waals surface area (Å²) >= 11 is 0. The van der Waals surface area contributed by atoms with Gasteiger partial charge in [-0.3, -0.25) is 14.7 Å². The van der Waals surface area contributed by atoms with E-state index >= 15 is 0 Å². The van der Waals surface area contributed by atoms with Crippen LogP contribution in [0.5, 0.6) is 5.75 Å². The molecule has 2 aromatic rings. The first-order chi connectivity index (χ1) is 13.5. The predicted molar refractivity (Wildman–Crippen MR) is 106 cm³/mol. The Kier molecular flexibility index (Phi) is 6.52. The Balaban J connectivity index is 1.44. The second-order valence-corrected chi connectivity index (χ2v) is 7.24. The predicted octanol–water partition coefficient (Wildman–Crippen LogP) is 1.65. The fraction of sp³-hybridized carbons (Fsp3) is 0.450. The lowest BCUT2D eigenvalue weighted by Crippen LogP contribution is -2.41. The van der Waals surface area contributed by atoms with Crippen molar-refractivity contribution in [3.8, 4) is 5.75 Å². The lowest BCUT2D eigenvalue weighted by molar-refractivity contribution is -0.120. The maximum absolute atomic E-state index is 12.3. The Hall–Kier alpha value is -3.03. The van der Waals surface area contributed by atoms with E-state index in [1.54, 1.807) is 7.11 Å².